The van der Waals surface area contributed by atoms with E-state index in [9.17, 15) is 0 Å². The summed E-state index contributed by atoms with van der Waals surface area (Å²) < 4.78 is 0. The van der Waals surface area contributed by atoms with Gasteiger partial charge in [-0.3, -0.25) is 0 Å². The highest BCUT2D eigenvalue weighted by Gasteiger charge is 1.95. The van der Waals surface area contributed by atoms with Crippen LogP contribution in [0.5, 0.6) is 0 Å². The maximum absolute atomic E-state index is 8.71. The molecule has 0 amide bonds. The zero-order valence-electron chi connectivity index (χ0n) is 8.49. The molecule has 0 aliphatic carbocycles. The van der Waals surface area contributed by atoms with Gasteiger partial charge in [-0.05, 0) is 30.4 Å². The number of unbranched alkanes of at least 4 members (excludes halogenated alkanes) is 2. The van der Waals surface area contributed by atoms with E-state index in [2.05, 4.69) is 19.1 Å². The number of nitriles is 1. The Hall–Kier alpha value is -0.940. The van der Waals surface area contributed by atoms with Crippen molar-refractivity contribution in [3.63, 3.8) is 0 Å². The van der Waals surface area contributed by atoms with E-state index in [0.29, 0.717) is 0 Å². The van der Waals surface area contributed by atoms with Gasteiger partial charge in [0.05, 0.1) is 11.6 Å². The minimum Gasteiger partial charge on any atom is -0.192 e. The Kier molecular flexibility index (Phi) is 5.17. The summed E-state index contributed by atoms with van der Waals surface area (Å²) in [6.07, 6.45) is 3.82. The van der Waals surface area contributed by atoms with Gasteiger partial charge in [0.15, 0.2) is 0 Å². The fraction of sp³-hybridized carbons (Fsp3) is 0.417. The minimum absolute atomic E-state index is 0.755. The average Bonchev–Trinajstić information content (AvgIpc) is 2.25. The van der Waals surface area contributed by atoms with E-state index in [-0.39, 0.29) is 0 Å². The SMILES string of the molecule is CCCCCSc1cccc(C#N)c1. The number of thioether (sulfide) groups is 1. The van der Waals surface area contributed by atoms with Crippen LogP contribution < -0.4 is 0 Å². The quantitative estimate of drug-likeness (QED) is 0.538. The third-order valence-corrected chi connectivity index (χ3v) is 3.06. The fourth-order valence-corrected chi connectivity index (χ4v) is 2.17. The highest BCUT2D eigenvalue weighted by atomic mass is 32.2. The summed E-state index contributed by atoms with van der Waals surface area (Å²) in [6.45, 7) is 2.21. The van der Waals surface area contributed by atoms with Gasteiger partial charge in [0.25, 0.3) is 0 Å². The molecule has 14 heavy (non-hydrogen) atoms. The van der Waals surface area contributed by atoms with Gasteiger partial charge in [0.1, 0.15) is 0 Å². The van der Waals surface area contributed by atoms with E-state index in [0.717, 1.165) is 11.3 Å². The lowest BCUT2D eigenvalue weighted by atomic mass is 10.2. The fourth-order valence-electron chi connectivity index (χ4n) is 1.20. The Morgan fingerprint density at radius 2 is 2.21 bits per heavy atom. The molecular formula is C12H15NS. The van der Waals surface area contributed by atoms with E-state index in [1.165, 1.54) is 24.2 Å². The van der Waals surface area contributed by atoms with Gasteiger partial charge >= 0.3 is 0 Å². The molecule has 0 heterocycles. The monoisotopic (exact) mass is 205 g/mol. The van der Waals surface area contributed by atoms with Crippen LogP contribution in [0.2, 0.25) is 0 Å². The van der Waals surface area contributed by atoms with E-state index in [1.54, 1.807) is 0 Å². The molecule has 1 nitrogen and oxygen atoms in total. The molecule has 0 aromatic heterocycles. The molecule has 0 spiro atoms. The van der Waals surface area contributed by atoms with Crippen molar-refractivity contribution in [2.75, 3.05) is 5.75 Å². The summed E-state index contributed by atoms with van der Waals surface area (Å²) in [5, 5.41) is 8.71. The third kappa shape index (κ3) is 3.85. The lowest BCUT2D eigenvalue weighted by molar-refractivity contribution is 0.778. The summed E-state index contributed by atoms with van der Waals surface area (Å²) in [6, 6.07) is 9.97. The molecule has 1 rings (SSSR count). The predicted molar refractivity (Wildman–Crippen MR) is 61.4 cm³/mol. The van der Waals surface area contributed by atoms with E-state index >= 15 is 0 Å². The second-order valence-electron chi connectivity index (χ2n) is 3.20. The van der Waals surface area contributed by atoms with Crippen molar-refractivity contribution in [1.29, 1.82) is 5.26 Å². The lowest BCUT2D eigenvalue weighted by Crippen LogP contribution is -1.81. The van der Waals surface area contributed by atoms with Crippen LogP contribution in [0.1, 0.15) is 31.7 Å². The molecule has 1 aromatic rings. The van der Waals surface area contributed by atoms with Crippen molar-refractivity contribution in [1.82, 2.24) is 0 Å². The van der Waals surface area contributed by atoms with Crippen molar-refractivity contribution in [3.8, 4) is 6.07 Å². The Morgan fingerprint density at radius 3 is 2.93 bits per heavy atom. The predicted octanol–water partition coefficient (Wildman–Crippen LogP) is 3.84. The molecular weight excluding hydrogens is 190 g/mol. The molecule has 2 heteroatoms. The number of rotatable bonds is 5. The molecule has 0 unspecified atom stereocenters. The number of benzene rings is 1. The summed E-state index contributed by atoms with van der Waals surface area (Å²) in [5.41, 5.74) is 0.755. The van der Waals surface area contributed by atoms with Crippen LogP contribution in [0.25, 0.3) is 0 Å². The largest absolute Gasteiger partial charge is 0.192 e. The Bertz CT molecular complexity index is 314. The maximum atomic E-state index is 8.71. The van der Waals surface area contributed by atoms with E-state index in [1.807, 2.05) is 30.0 Å². The number of nitrogens with zero attached hydrogens (tertiary/aromatic N) is 1. The Balaban J connectivity index is 2.39. The van der Waals surface area contributed by atoms with Crippen LogP contribution in [0.3, 0.4) is 0 Å². The van der Waals surface area contributed by atoms with E-state index < -0.39 is 0 Å². The van der Waals surface area contributed by atoms with Gasteiger partial charge in [-0.1, -0.05) is 25.8 Å². The van der Waals surface area contributed by atoms with Gasteiger partial charge in [0.2, 0.25) is 0 Å². The standard InChI is InChI=1S/C12H15NS/c1-2-3-4-8-14-12-7-5-6-11(9-12)10-13/h5-7,9H,2-4,8H2,1H3. The third-order valence-electron chi connectivity index (χ3n) is 1.98. The van der Waals surface area contributed by atoms with Crippen LogP contribution in [-0.2, 0) is 0 Å². The van der Waals surface area contributed by atoms with Gasteiger partial charge in [-0.15, -0.1) is 11.8 Å². The molecule has 0 aliphatic heterocycles. The van der Waals surface area contributed by atoms with Crippen molar-refractivity contribution in [2.24, 2.45) is 0 Å². The zero-order chi connectivity index (χ0) is 10.2. The molecule has 0 atom stereocenters. The molecule has 74 valence electrons. The first-order valence-corrected chi connectivity index (χ1v) is 5.98. The maximum Gasteiger partial charge on any atom is 0.0992 e. The van der Waals surface area contributed by atoms with E-state index in [4.69, 9.17) is 5.26 Å². The van der Waals surface area contributed by atoms with Crippen LogP contribution in [-0.4, -0.2) is 5.75 Å². The second kappa shape index (κ2) is 6.50. The first kappa shape index (κ1) is 11.1. The highest BCUT2D eigenvalue weighted by Crippen LogP contribution is 2.20. The first-order chi connectivity index (χ1) is 6.86. The summed E-state index contributed by atoms with van der Waals surface area (Å²) in [7, 11) is 0. The number of hydrogen-bond acceptors (Lipinski definition) is 2. The Morgan fingerprint density at radius 1 is 1.36 bits per heavy atom. The smallest absolute Gasteiger partial charge is 0.0992 e. The van der Waals surface area contributed by atoms with Crippen LogP contribution in [0.15, 0.2) is 29.2 Å². The molecule has 0 fully saturated rings. The second-order valence-corrected chi connectivity index (χ2v) is 4.36. The van der Waals surface area contributed by atoms with Gasteiger partial charge in [-0.25, -0.2) is 0 Å². The molecule has 0 saturated carbocycles. The molecule has 0 N–H and O–H groups in total. The lowest BCUT2D eigenvalue weighted by Gasteiger charge is -2.00. The van der Waals surface area contributed by atoms with Crippen molar-refractivity contribution in [2.45, 2.75) is 31.1 Å². The van der Waals surface area contributed by atoms with Crippen LogP contribution in [0.4, 0.5) is 0 Å². The van der Waals surface area contributed by atoms with Gasteiger partial charge in [0, 0.05) is 4.90 Å². The number of hydrogen-bond donors (Lipinski definition) is 0. The first-order valence-electron chi connectivity index (χ1n) is 4.99. The molecule has 0 saturated heterocycles. The molecule has 0 aliphatic rings. The van der Waals surface area contributed by atoms with Gasteiger partial charge < -0.3 is 0 Å². The Labute approximate surface area is 90.1 Å². The summed E-state index contributed by atoms with van der Waals surface area (Å²) in [4.78, 5) is 1.21. The van der Waals surface area contributed by atoms with Crippen molar-refractivity contribution in [3.05, 3.63) is 29.8 Å². The van der Waals surface area contributed by atoms with Crippen LogP contribution >= 0.6 is 11.8 Å². The van der Waals surface area contributed by atoms with Crippen molar-refractivity contribution >= 4 is 11.8 Å². The summed E-state index contributed by atoms with van der Waals surface area (Å²) >= 11 is 1.84. The molecule has 0 radical (unpaired) electrons. The van der Waals surface area contributed by atoms with Gasteiger partial charge in [-0.2, -0.15) is 5.26 Å². The average molecular weight is 205 g/mol. The highest BCUT2D eigenvalue weighted by molar-refractivity contribution is 7.99. The van der Waals surface area contributed by atoms with Crippen molar-refractivity contribution < 1.29 is 0 Å². The van der Waals surface area contributed by atoms with Crippen LogP contribution in [0, 0.1) is 11.3 Å². The minimum atomic E-state index is 0.755. The zero-order valence-corrected chi connectivity index (χ0v) is 9.31. The molecule has 1 aromatic carbocycles. The topological polar surface area (TPSA) is 23.8 Å². The molecule has 0 bridgehead atoms. The normalized spacial score (nSPS) is 9.71. The summed E-state index contributed by atoms with van der Waals surface area (Å²) in [5.74, 6) is 1.16.